The van der Waals surface area contributed by atoms with E-state index in [1.54, 1.807) is 0 Å². The summed E-state index contributed by atoms with van der Waals surface area (Å²) in [5.41, 5.74) is 0. The first-order valence-electron chi connectivity index (χ1n) is 3.58. The van der Waals surface area contributed by atoms with Gasteiger partial charge in [0, 0.05) is 12.1 Å². The Labute approximate surface area is 62.0 Å². The van der Waals surface area contributed by atoms with Gasteiger partial charge in [-0.05, 0) is 14.1 Å². The lowest BCUT2D eigenvalue weighted by molar-refractivity contribution is 0.529. The first-order chi connectivity index (χ1) is 4.88. The Hall–Kier alpha value is -0.600. The number of nitrogens with one attached hydrogen (secondary N) is 2. The molecule has 2 heteroatoms. The number of hydrogen-bond donors (Lipinski definition) is 2. The van der Waals surface area contributed by atoms with Crippen LogP contribution in [-0.2, 0) is 0 Å². The average Bonchev–Trinajstić information content (AvgIpc) is 2.04. The van der Waals surface area contributed by atoms with Crippen molar-refractivity contribution in [3.63, 3.8) is 0 Å². The molecular formula is C8H14N2. The highest BCUT2D eigenvalue weighted by Gasteiger charge is 2.13. The molecule has 0 aliphatic heterocycles. The van der Waals surface area contributed by atoms with Crippen LogP contribution in [0.1, 0.15) is 0 Å². The summed E-state index contributed by atoms with van der Waals surface area (Å²) in [5, 5.41) is 6.41. The number of hydrogen-bond acceptors (Lipinski definition) is 2. The molecule has 1 aliphatic carbocycles. The molecule has 10 heavy (non-hydrogen) atoms. The van der Waals surface area contributed by atoms with Gasteiger partial charge in [0.05, 0.1) is 0 Å². The van der Waals surface area contributed by atoms with Gasteiger partial charge in [-0.2, -0.15) is 0 Å². The highest BCUT2D eigenvalue weighted by atomic mass is 15.0. The fraction of sp³-hybridized carbons (Fsp3) is 0.500. The molecule has 0 aromatic heterocycles. The first-order valence-corrected chi connectivity index (χ1v) is 3.58. The van der Waals surface area contributed by atoms with Gasteiger partial charge in [0.15, 0.2) is 0 Å². The standard InChI is InChI=1S/C8H14N2/c1-9-7-5-3-4-6-8(7)10-2/h3-10H,1-2H3. The Kier molecular flexibility index (Phi) is 2.66. The van der Waals surface area contributed by atoms with Crippen molar-refractivity contribution in [2.45, 2.75) is 12.1 Å². The topological polar surface area (TPSA) is 24.1 Å². The quantitative estimate of drug-likeness (QED) is 0.573. The average molecular weight is 138 g/mol. The summed E-state index contributed by atoms with van der Waals surface area (Å²) in [4.78, 5) is 0. The molecule has 0 saturated carbocycles. The van der Waals surface area contributed by atoms with Crippen molar-refractivity contribution in [2.75, 3.05) is 14.1 Å². The SMILES string of the molecule is CNC1C=CC=CC1NC. The molecule has 0 saturated heterocycles. The summed E-state index contributed by atoms with van der Waals surface area (Å²) in [6, 6.07) is 0.880. The van der Waals surface area contributed by atoms with Gasteiger partial charge in [-0.1, -0.05) is 24.3 Å². The van der Waals surface area contributed by atoms with Gasteiger partial charge in [0.1, 0.15) is 0 Å². The zero-order valence-electron chi connectivity index (χ0n) is 6.46. The van der Waals surface area contributed by atoms with Crippen molar-refractivity contribution < 1.29 is 0 Å². The van der Waals surface area contributed by atoms with Crippen LogP contribution in [0.2, 0.25) is 0 Å². The van der Waals surface area contributed by atoms with Crippen LogP contribution in [-0.4, -0.2) is 26.2 Å². The Balaban J connectivity index is 2.55. The van der Waals surface area contributed by atoms with Crippen molar-refractivity contribution in [2.24, 2.45) is 0 Å². The molecular weight excluding hydrogens is 124 g/mol. The predicted octanol–water partition coefficient (Wildman–Crippen LogP) is 0.288. The van der Waals surface area contributed by atoms with Gasteiger partial charge in [-0.15, -0.1) is 0 Å². The van der Waals surface area contributed by atoms with Crippen LogP contribution in [0.3, 0.4) is 0 Å². The Morgan fingerprint density at radius 1 is 0.900 bits per heavy atom. The van der Waals surface area contributed by atoms with Crippen molar-refractivity contribution in [3.05, 3.63) is 24.3 Å². The van der Waals surface area contributed by atoms with E-state index >= 15 is 0 Å². The fourth-order valence-corrected chi connectivity index (χ4v) is 1.16. The van der Waals surface area contributed by atoms with Crippen LogP contribution in [0.15, 0.2) is 24.3 Å². The summed E-state index contributed by atoms with van der Waals surface area (Å²) in [7, 11) is 3.94. The van der Waals surface area contributed by atoms with Gasteiger partial charge < -0.3 is 10.6 Å². The van der Waals surface area contributed by atoms with E-state index < -0.39 is 0 Å². The molecule has 56 valence electrons. The van der Waals surface area contributed by atoms with Crippen LogP contribution in [0, 0.1) is 0 Å². The molecule has 0 heterocycles. The second kappa shape index (κ2) is 3.54. The van der Waals surface area contributed by atoms with Gasteiger partial charge in [0.2, 0.25) is 0 Å². The summed E-state index contributed by atoms with van der Waals surface area (Å²) in [5.74, 6) is 0. The second-order valence-electron chi connectivity index (χ2n) is 2.40. The molecule has 0 aromatic rings. The van der Waals surface area contributed by atoms with Crippen LogP contribution in [0.4, 0.5) is 0 Å². The second-order valence-corrected chi connectivity index (χ2v) is 2.40. The third kappa shape index (κ3) is 1.46. The van der Waals surface area contributed by atoms with Crippen molar-refractivity contribution in [1.29, 1.82) is 0 Å². The Morgan fingerprint density at radius 2 is 1.30 bits per heavy atom. The first kappa shape index (κ1) is 7.51. The van der Waals surface area contributed by atoms with Crippen LogP contribution < -0.4 is 10.6 Å². The molecule has 0 radical (unpaired) electrons. The van der Waals surface area contributed by atoms with E-state index in [0.29, 0.717) is 12.1 Å². The maximum absolute atomic E-state index is 3.20. The largest absolute Gasteiger partial charge is 0.312 e. The minimum Gasteiger partial charge on any atom is -0.312 e. The molecule has 2 N–H and O–H groups in total. The van der Waals surface area contributed by atoms with E-state index in [0.717, 1.165) is 0 Å². The van der Waals surface area contributed by atoms with Crippen molar-refractivity contribution >= 4 is 0 Å². The number of likely N-dealkylation sites (N-methyl/N-ethyl adjacent to an activating group) is 2. The van der Waals surface area contributed by atoms with Crippen LogP contribution in [0.5, 0.6) is 0 Å². The van der Waals surface area contributed by atoms with E-state index in [2.05, 4.69) is 34.9 Å². The number of allylic oxidation sites excluding steroid dienone is 2. The smallest absolute Gasteiger partial charge is 0.0442 e. The molecule has 0 fully saturated rings. The molecule has 0 aromatic carbocycles. The van der Waals surface area contributed by atoms with Gasteiger partial charge in [-0.25, -0.2) is 0 Å². The fourth-order valence-electron chi connectivity index (χ4n) is 1.16. The molecule has 1 rings (SSSR count). The summed E-state index contributed by atoms with van der Waals surface area (Å²) >= 11 is 0. The normalized spacial score (nSPS) is 31.0. The minimum atomic E-state index is 0.440. The predicted molar refractivity (Wildman–Crippen MR) is 44.0 cm³/mol. The molecule has 2 nitrogen and oxygen atoms in total. The van der Waals surface area contributed by atoms with E-state index in [1.807, 2.05) is 14.1 Å². The van der Waals surface area contributed by atoms with Gasteiger partial charge >= 0.3 is 0 Å². The third-order valence-corrected chi connectivity index (χ3v) is 1.80. The van der Waals surface area contributed by atoms with Crippen molar-refractivity contribution in [3.8, 4) is 0 Å². The minimum absolute atomic E-state index is 0.440. The molecule has 0 bridgehead atoms. The zero-order chi connectivity index (χ0) is 7.40. The maximum Gasteiger partial charge on any atom is 0.0442 e. The lowest BCUT2D eigenvalue weighted by atomic mass is 10.0. The van der Waals surface area contributed by atoms with Crippen LogP contribution >= 0.6 is 0 Å². The summed E-state index contributed by atoms with van der Waals surface area (Å²) in [6.07, 6.45) is 8.44. The van der Waals surface area contributed by atoms with Gasteiger partial charge in [-0.3, -0.25) is 0 Å². The third-order valence-electron chi connectivity index (χ3n) is 1.80. The highest BCUT2D eigenvalue weighted by Crippen LogP contribution is 2.02. The van der Waals surface area contributed by atoms with E-state index in [9.17, 15) is 0 Å². The lowest BCUT2D eigenvalue weighted by Gasteiger charge is -2.22. The van der Waals surface area contributed by atoms with Gasteiger partial charge in [0.25, 0.3) is 0 Å². The maximum atomic E-state index is 3.20. The van der Waals surface area contributed by atoms with Crippen molar-refractivity contribution in [1.82, 2.24) is 10.6 Å². The zero-order valence-corrected chi connectivity index (χ0v) is 6.46. The molecule has 1 aliphatic rings. The summed E-state index contributed by atoms with van der Waals surface area (Å²) < 4.78 is 0. The molecule has 2 atom stereocenters. The van der Waals surface area contributed by atoms with E-state index in [1.165, 1.54) is 0 Å². The van der Waals surface area contributed by atoms with Crippen LogP contribution in [0.25, 0.3) is 0 Å². The highest BCUT2D eigenvalue weighted by molar-refractivity contribution is 5.19. The van der Waals surface area contributed by atoms with E-state index in [-0.39, 0.29) is 0 Å². The van der Waals surface area contributed by atoms with E-state index in [4.69, 9.17) is 0 Å². The summed E-state index contributed by atoms with van der Waals surface area (Å²) in [6.45, 7) is 0. The molecule has 2 unspecified atom stereocenters. The Bertz CT molecular complexity index is 131. The number of rotatable bonds is 2. The molecule has 0 spiro atoms. The monoisotopic (exact) mass is 138 g/mol. The Morgan fingerprint density at radius 3 is 1.60 bits per heavy atom. The lowest BCUT2D eigenvalue weighted by Crippen LogP contribution is -2.43. The molecule has 0 amide bonds.